The smallest absolute Gasteiger partial charge is 0.338 e. The van der Waals surface area contributed by atoms with Crippen molar-refractivity contribution in [2.75, 3.05) is 30.9 Å². The Kier molecular flexibility index (Phi) is 8.53. The summed E-state index contributed by atoms with van der Waals surface area (Å²) in [4.78, 5) is 35.6. The molecule has 0 saturated heterocycles. The maximum Gasteiger partial charge on any atom is 0.338 e. The van der Waals surface area contributed by atoms with Crippen LogP contribution in [0.25, 0.3) is 0 Å². The van der Waals surface area contributed by atoms with Gasteiger partial charge in [-0.15, -0.1) is 0 Å². The van der Waals surface area contributed by atoms with Gasteiger partial charge < -0.3 is 19.5 Å². The van der Waals surface area contributed by atoms with Crippen molar-refractivity contribution in [2.24, 2.45) is 0 Å². The van der Waals surface area contributed by atoms with E-state index in [1.807, 2.05) is 0 Å². The molecule has 3 aromatic carbocycles. The van der Waals surface area contributed by atoms with Crippen LogP contribution in [0.1, 0.15) is 17.3 Å². The molecule has 0 heterocycles. The zero-order valence-electron chi connectivity index (χ0n) is 20.9. The summed E-state index contributed by atoms with van der Waals surface area (Å²) in [6, 6.07) is 15.2. The molecule has 0 aliphatic rings. The van der Waals surface area contributed by atoms with Crippen LogP contribution < -0.4 is 19.1 Å². The number of nitrogens with zero attached hydrogens (tertiary/aromatic N) is 2. The molecular weight excluding hydrogens is 518 g/mol. The molecular formula is C25H25N3O9S. The predicted octanol–water partition coefficient (Wildman–Crippen LogP) is 3.62. The van der Waals surface area contributed by atoms with Crippen molar-refractivity contribution < 1.29 is 37.1 Å². The number of carbonyl (C=O) groups excluding carboxylic acids is 2. The summed E-state index contributed by atoms with van der Waals surface area (Å²) in [5.74, 6) is -0.990. The zero-order valence-corrected chi connectivity index (χ0v) is 21.7. The highest BCUT2D eigenvalue weighted by Gasteiger charge is 2.25. The third-order valence-corrected chi connectivity index (χ3v) is 7.25. The molecule has 1 amide bonds. The lowest BCUT2D eigenvalue weighted by Gasteiger charge is -2.20. The Morgan fingerprint density at radius 3 is 2.29 bits per heavy atom. The summed E-state index contributed by atoms with van der Waals surface area (Å²) >= 11 is 0. The highest BCUT2D eigenvalue weighted by atomic mass is 32.2. The van der Waals surface area contributed by atoms with E-state index in [-0.39, 0.29) is 27.6 Å². The quantitative estimate of drug-likeness (QED) is 0.229. The molecule has 38 heavy (non-hydrogen) atoms. The van der Waals surface area contributed by atoms with Crippen molar-refractivity contribution >= 4 is 39.0 Å². The number of carbonyl (C=O) groups is 2. The zero-order chi connectivity index (χ0) is 28.0. The predicted molar refractivity (Wildman–Crippen MR) is 138 cm³/mol. The monoisotopic (exact) mass is 543 g/mol. The van der Waals surface area contributed by atoms with Crippen molar-refractivity contribution in [3.05, 3.63) is 82.4 Å². The number of benzene rings is 3. The van der Waals surface area contributed by atoms with Crippen LogP contribution in [-0.4, -0.2) is 52.6 Å². The third-order valence-electron chi connectivity index (χ3n) is 5.47. The van der Waals surface area contributed by atoms with Crippen LogP contribution in [0.2, 0.25) is 0 Å². The minimum Gasteiger partial charge on any atom is -0.497 e. The number of rotatable bonds is 10. The average Bonchev–Trinajstić information content (AvgIpc) is 2.92. The topological polar surface area (TPSA) is 154 Å². The molecule has 13 heteroatoms. The van der Waals surface area contributed by atoms with E-state index in [2.05, 4.69) is 5.32 Å². The summed E-state index contributed by atoms with van der Waals surface area (Å²) in [6.45, 7) is 1.30. The number of nitro groups is 1. The van der Waals surface area contributed by atoms with Crippen LogP contribution in [0.3, 0.4) is 0 Å². The van der Waals surface area contributed by atoms with Gasteiger partial charge in [-0.2, -0.15) is 0 Å². The second-order valence-electron chi connectivity index (χ2n) is 7.88. The number of nitrogens with one attached hydrogen (secondary N) is 1. The molecule has 0 bridgehead atoms. The normalized spacial score (nSPS) is 11.7. The lowest BCUT2D eigenvalue weighted by molar-refractivity contribution is -0.384. The number of hydrogen-bond acceptors (Lipinski definition) is 9. The van der Waals surface area contributed by atoms with Gasteiger partial charge in [0.2, 0.25) is 0 Å². The molecule has 0 aromatic heterocycles. The van der Waals surface area contributed by atoms with Gasteiger partial charge in [0, 0.05) is 19.2 Å². The number of non-ortho nitro benzene ring substituents is 1. The first-order chi connectivity index (χ1) is 18.0. The summed E-state index contributed by atoms with van der Waals surface area (Å²) in [7, 11) is 0.158. The molecule has 0 aliphatic heterocycles. The van der Waals surface area contributed by atoms with Gasteiger partial charge >= 0.3 is 5.97 Å². The van der Waals surface area contributed by atoms with E-state index in [0.717, 1.165) is 16.4 Å². The summed E-state index contributed by atoms with van der Waals surface area (Å²) in [5, 5.41) is 13.5. The van der Waals surface area contributed by atoms with E-state index in [1.54, 1.807) is 24.3 Å². The summed E-state index contributed by atoms with van der Waals surface area (Å²) in [5.41, 5.74) is 0.0232. The first kappa shape index (κ1) is 27.9. The number of esters is 1. The molecule has 0 saturated carbocycles. The van der Waals surface area contributed by atoms with Crippen molar-refractivity contribution in [3.63, 3.8) is 0 Å². The Labute approximate surface area is 218 Å². The van der Waals surface area contributed by atoms with Gasteiger partial charge in [-0.3, -0.25) is 19.2 Å². The van der Waals surface area contributed by atoms with Gasteiger partial charge in [0.15, 0.2) is 6.10 Å². The maximum absolute atomic E-state index is 13.1. The fourth-order valence-electron chi connectivity index (χ4n) is 3.30. The minimum absolute atomic E-state index is 0.0178. The second-order valence-corrected chi connectivity index (χ2v) is 9.85. The van der Waals surface area contributed by atoms with E-state index in [4.69, 9.17) is 14.2 Å². The molecule has 3 aromatic rings. The number of anilines is 2. The van der Waals surface area contributed by atoms with Gasteiger partial charge in [-0.25, -0.2) is 13.2 Å². The Balaban J connectivity index is 1.75. The molecule has 12 nitrogen and oxygen atoms in total. The SMILES string of the molecule is COc1ccc(N(C)S(=O)(=O)c2cccc(C(=O)OC(C)C(=O)Nc3cc([N+](=O)[O-])ccc3OC)c2)cc1. The highest BCUT2D eigenvalue weighted by molar-refractivity contribution is 7.92. The number of ether oxygens (including phenoxy) is 3. The number of methoxy groups -OCH3 is 2. The van der Waals surface area contributed by atoms with Gasteiger partial charge in [-0.05, 0) is 55.5 Å². The molecule has 1 N–H and O–H groups in total. The van der Waals surface area contributed by atoms with Crippen LogP contribution in [-0.2, 0) is 19.6 Å². The van der Waals surface area contributed by atoms with E-state index >= 15 is 0 Å². The third kappa shape index (κ3) is 6.18. The molecule has 200 valence electrons. The largest absolute Gasteiger partial charge is 0.497 e. The minimum atomic E-state index is -4.04. The Morgan fingerprint density at radius 2 is 1.68 bits per heavy atom. The van der Waals surface area contributed by atoms with Crippen LogP contribution in [0.4, 0.5) is 17.1 Å². The average molecular weight is 544 g/mol. The molecule has 1 unspecified atom stereocenters. The molecule has 0 radical (unpaired) electrons. The maximum atomic E-state index is 13.1. The number of amides is 1. The fraction of sp³-hybridized carbons (Fsp3) is 0.200. The fourth-order valence-corrected chi connectivity index (χ4v) is 4.54. The Bertz CT molecular complexity index is 1460. The van der Waals surface area contributed by atoms with Gasteiger partial charge in [0.05, 0.1) is 41.0 Å². The first-order valence-corrected chi connectivity index (χ1v) is 12.5. The molecule has 3 rings (SSSR count). The van der Waals surface area contributed by atoms with Crippen LogP contribution in [0.15, 0.2) is 71.6 Å². The van der Waals surface area contributed by atoms with E-state index in [0.29, 0.717) is 11.4 Å². The van der Waals surface area contributed by atoms with Gasteiger partial charge in [-0.1, -0.05) is 6.07 Å². The summed E-state index contributed by atoms with van der Waals surface area (Å²) < 4.78 is 42.8. The number of nitro benzene ring substituents is 1. The highest BCUT2D eigenvalue weighted by Crippen LogP contribution is 2.29. The van der Waals surface area contributed by atoms with Crippen molar-refractivity contribution in [2.45, 2.75) is 17.9 Å². The second kappa shape index (κ2) is 11.6. The van der Waals surface area contributed by atoms with E-state index in [1.165, 1.54) is 58.5 Å². The van der Waals surface area contributed by atoms with E-state index < -0.39 is 32.9 Å². The van der Waals surface area contributed by atoms with Crippen molar-refractivity contribution in [3.8, 4) is 11.5 Å². The molecule has 0 aliphatic carbocycles. The lowest BCUT2D eigenvalue weighted by atomic mass is 10.2. The van der Waals surface area contributed by atoms with Crippen molar-refractivity contribution in [1.29, 1.82) is 0 Å². The molecule has 0 spiro atoms. The van der Waals surface area contributed by atoms with E-state index in [9.17, 15) is 28.1 Å². The Morgan fingerprint density at radius 1 is 1.00 bits per heavy atom. The Hall–Kier alpha value is -4.65. The van der Waals surface area contributed by atoms with Crippen LogP contribution in [0, 0.1) is 10.1 Å². The number of sulfonamides is 1. The standard InChI is InChI=1S/C25H25N3O9S/c1-16(24(29)26-22-15-19(28(31)32)10-13-23(22)36-4)37-25(30)17-6-5-7-21(14-17)38(33,34)27(2)18-8-11-20(35-3)12-9-18/h5-16H,1-4H3,(H,26,29). The molecule has 1 atom stereocenters. The van der Waals surface area contributed by atoms with Crippen LogP contribution in [0.5, 0.6) is 11.5 Å². The van der Waals surface area contributed by atoms with Gasteiger partial charge in [0.25, 0.3) is 21.6 Å². The van der Waals surface area contributed by atoms with Crippen molar-refractivity contribution in [1.82, 2.24) is 0 Å². The lowest BCUT2D eigenvalue weighted by Crippen LogP contribution is -2.30. The van der Waals surface area contributed by atoms with Gasteiger partial charge in [0.1, 0.15) is 11.5 Å². The molecule has 0 fully saturated rings. The van der Waals surface area contributed by atoms with Crippen LogP contribution >= 0.6 is 0 Å². The first-order valence-electron chi connectivity index (χ1n) is 11.0. The number of hydrogen-bond donors (Lipinski definition) is 1. The summed E-state index contributed by atoms with van der Waals surface area (Å²) in [6.07, 6.45) is -1.33.